The number of benzene rings is 2. The number of quaternary nitrogens is 1. The van der Waals surface area contributed by atoms with E-state index in [1.165, 1.54) is 48.0 Å². The van der Waals surface area contributed by atoms with Crippen molar-refractivity contribution in [3.8, 4) is 6.07 Å². The molecule has 2 aliphatic rings. The number of aromatic amines is 1. The number of carbonyl (C=O) groups excluding carboxylic acids is 1. The predicted molar refractivity (Wildman–Crippen MR) is 167 cm³/mol. The average Bonchev–Trinajstić information content (AvgIpc) is 3.43. The molecule has 5 rings (SSSR count). The highest BCUT2D eigenvalue weighted by atomic mass is 19.4. The number of likely N-dealkylation sites (N-methyl/N-ethyl adjacent to an activating group) is 1. The minimum Gasteiger partial charge on any atom is -0.483 e. The van der Waals surface area contributed by atoms with Crippen molar-refractivity contribution in [3.05, 3.63) is 86.5 Å². The minimum atomic E-state index is -4.61. The second-order valence-corrected chi connectivity index (χ2v) is 12.2. The summed E-state index contributed by atoms with van der Waals surface area (Å²) < 4.78 is 48.2. The number of carbonyl (C=O) groups is 2. The smallest absolute Gasteiger partial charge is 0.416 e. The molecular weight excluding hydrogens is 617 g/mol. The Morgan fingerprint density at radius 1 is 1.19 bits per heavy atom. The quantitative estimate of drug-likeness (QED) is 0.199. The molecule has 1 atom stereocenters. The second-order valence-electron chi connectivity index (χ2n) is 12.2. The van der Waals surface area contributed by atoms with E-state index in [0.717, 1.165) is 41.6 Å². The van der Waals surface area contributed by atoms with Gasteiger partial charge in [0.2, 0.25) is 5.95 Å². The fourth-order valence-corrected chi connectivity index (χ4v) is 6.61. The van der Waals surface area contributed by atoms with Crippen LogP contribution >= 0.6 is 0 Å². The molecule has 14 heteroatoms. The van der Waals surface area contributed by atoms with Crippen molar-refractivity contribution >= 4 is 24.1 Å². The summed E-state index contributed by atoms with van der Waals surface area (Å²) in [6.07, 6.45) is 1.90. The van der Waals surface area contributed by atoms with Crippen molar-refractivity contribution in [2.75, 3.05) is 32.6 Å². The zero-order valence-corrected chi connectivity index (χ0v) is 26.7. The van der Waals surface area contributed by atoms with E-state index in [4.69, 9.17) is 14.6 Å². The Morgan fingerprint density at radius 3 is 2.49 bits per heavy atom. The first-order chi connectivity index (χ1) is 22.3. The number of nitriles is 1. The van der Waals surface area contributed by atoms with E-state index < -0.39 is 29.4 Å². The summed E-state index contributed by atoms with van der Waals surface area (Å²) in [5.41, 5.74) is 0.718. The molecule has 1 aliphatic carbocycles. The van der Waals surface area contributed by atoms with Crippen molar-refractivity contribution < 1.29 is 37.1 Å². The third-order valence-corrected chi connectivity index (χ3v) is 9.07. The first-order valence-corrected chi connectivity index (χ1v) is 15.2. The summed E-state index contributed by atoms with van der Waals surface area (Å²) in [6, 6.07) is 11.5. The normalized spacial score (nSPS) is 16.9. The predicted octanol–water partition coefficient (Wildman–Crippen LogP) is 5.30. The maximum atomic E-state index is 13.7. The van der Waals surface area contributed by atoms with Gasteiger partial charge in [0.1, 0.15) is 6.04 Å². The number of nitrogens with one attached hydrogen (secondary N) is 1. The van der Waals surface area contributed by atoms with Crippen molar-refractivity contribution in [1.29, 1.82) is 5.26 Å². The number of alkyl halides is 3. The molecule has 47 heavy (non-hydrogen) atoms. The molecule has 0 spiro atoms. The highest BCUT2D eigenvalue weighted by molar-refractivity contribution is 5.93. The van der Waals surface area contributed by atoms with Gasteiger partial charge in [-0.25, -0.2) is 19.3 Å². The maximum Gasteiger partial charge on any atom is 0.416 e. The number of hydrogen-bond acceptors (Lipinski definition) is 7. The number of halogens is 3. The molecule has 0 saturated heterocycles. The van der Waals surface area contributed by atoms with Gasteiger partial charge in [-0.3, -0.25) is 9.69 Å². The standard InChI is InChI=1S/C32H35F3N6O3.CH2O2/c1-20-27(29(42)44-4)28(40-30(37-38-31(40)43)39(20)24-10-8-9-23(18-24)32(33,34)35)26-14-13-21(19-36)17-22(26)15-16-41(2,3)25-11-6-5-7-12-25;2-1-3/h8-10,13-14,17-18,25,28H,5-7,11-12,15-16H2,1-4H3;1H,(H,2,3)/p+1/t28-;/m1./s1. The molecule has 1 saturated carbocycles. The Morgan fingerprint density at radius 2 is 1.87 bits per heavy atom. The van der Waals surface area contributed by atoms with E-state index in [-0.39, 0.29) is 29.4 Å². The van der Waals surface area contributed by atoms with Gasteiger partial charge in [-0.2, -0.15) is 18.4 Å². The molecular formula is C33H38F3N6O5+. The van der Waals surface area contributed by atoms with Crippen LogP contribution < -0.4 is 10.6 Å². The number of anilines is 2. The SMILES string of the molecule is COC(=O)C1=C(C)N(c2cccc(C(F)(F)F)c2)c2n[nH]c(=O)n2[C@@H]1c1ccc(C#N)cc1CC[N+](C)(C)C1CCCCC1.O=CO. The van der Waals surface area contributed by atoms with Crippen LogP contribution in [0.15, 0.2) is 58.5 Å². The molecule has 2 aromatic carbocycles. The van der Waals surface area contributed by atoms with Gasteiger partial charge >= 0.3 is 17.8 Å². The summed E-state index contributed by atoms with van der Waals surface area (Å²) in [4.78, 5) is 36.6. The molecule has 2 N–H and O–H groups in total. The largest absolute Gasteiger partial charge is 0.483 e. The molecule has 1 aromatic heterocycles. The number of carboxylic acid groups (broad SMARTS) is 1. The van der Waals surface area contributed by atoms with Crippen molar-refractivity contribution in [2.45, 2.75) is 63.7 Å². The molecule has 0 radical (unpaired) electrons. The van der Waals surface area contributed by atoms with Crippen LogP contribution in [0.5, 0.6) is 0 Å². The monoisotopic (exact) mass is 655 g/mol. The molecule has 250 valence electrons. The molecule has 0 unspecified atom stereocenters. The maximum absolute atomic E-state index is 13.7. The van der Waals surface area contributed by atoms with E-state index in [2.05, 4.69) is 30.4 Å². The topological polar surface area (TPSA) is 141 Å². The summed E-state index contributed by atoms with van der Waals surface area (Å²) >= 11 is 0. The third-order valence-electron chi connectivity index (χ3n) is 9.07. The van der Waals surface area contributed by atoms with E-state index >= 15 is 0 Å². The Kier molecular flexibility index (Phi) is 10.6. The molecule has 2 heterocycles. The van der Waals surface area contributed by atoms with Crippen LogP contribution in [0.25, 0.3) is 0 Å². The Bertz CT molecular complexity index is 1750. The molecule has 1 aliphatic heterocycles. The fraction of sp³-hybridized carbons (Fsp3) is 0.424. The first-order valence-electron chi connectivity index (χ1n) is 15.2. The molecule has 1 fully saturated rings. The summed E-state index contributed by atoms with van der Waals surface area (Å²) in [5, 5.41) is 23.2. The van der Waals surface area contributed by atoms with Crippen LogP contribution in [-0.2, 0) is 26.9 Å². The number of aromatic nitrogens is 3. The van der Waals surface area contributed by atoms with Gasteiger partial charge in [-0.1, -0.05) is 18.6 Å². The molecule has 0 amide bonds. The van der Waals surface area contributed by atoms with Crippen LogP contribution in [0.2, 0.25) is 0 Å². The fourth-order valence-electron chi connectivity index (χ4n) is 6.61. The zero-order chi connectivity index (χ0) is 34.5. The number of methoxy groups -OCH3 is 1. The van der Waals surface area contributed by atoms with Crippen LogP contribution in [0.4, 0.5) is 24.8 Å². The first kappa shape index (κ1) is 35.0. The number of H-pyrrole nitrogens is 1. The highest BCUT2D eigenvalue weighted by Crippen LogP contribution is 2.43. The number of fused-ring (bicyclic) bond motifs is 1. The lowest BCUT2D eigenvalue weighted by molar-refractivity contribution is -0.916. The second kappa shape index (κ2) is 14.3. The van der Waals surface area contributed by atoms with Gasteiger partial charge in [-0.05, 0) is 74.1 Å². The third kappa shape index (κ3) is 7.25. The Balaban J connectivity index is 0.00000160. The number of nitrogens with zero attached hydrogens (tertiary/aromatic N) is 5. The van der Waals surface area contributed by atoms with Gasteiger partial charge < -0.3 is 14.3 Å². The number of allylic oxidation sites excluding steroid dienone is 1. The van der Waals surface area contributed by atoms with E-state index in [1.807, 2.05) is 0 Å². The van der Waals surface area contributed by atoms with Crippen LogP contribution in [-0.4, -0.2) is 70.6 Å². The van der Waals surface area contributed by atoms with Gasteiger partial charge in [0.15, 0.2) is 0 Å². The number of rotatable bonds is 7. The van der Waals surface area contributed by atoms with E-state index in [9.17, 15) is 28.0 Å². The van der Waals surface area contributed by atoms with Crippen molar-refractivity contribution in [2.24, 2.45) is 0 Å². The summed E-state index contributed by atoms with van der Waals surface area (Å²) in [7, 11) is 5.63. The van der Waals surface area contributed by atoms with Crippen LogP contribution in [0, 0.1) is 11.3 Å². The number of ether oxygens (including phenoxy) is 1. The van der Waals surface area contributed by atoms with Gasteiger partial charge in [-0.15, -0.1) is 5.10 Å². The minimum absolute atomic E-state index is 0.0260. The van der Waals surface area contributed by atoms with Crippen LogP contribution in [0.1, 0.15) is 67.3 Å². The Hall–Kier alpha value is -4.90. The van der Waals surface area contributed by atoms with Crippen LogP contribution in [0.3, 0.4) is 0 Å². The molecule has 11 nitrogen and oxygen atoms in total. The van der Waals surface area contributed by atoms with Gasteiger partial charge in [0, 0.05) is 17.8 Å². The van der Waals surface area contributed by atoms with Gasteiger partial charge in [0.25, 0.3) is 6.47 Å². The van der Waals surface area contributed by atoms with Crippen molar-refractivity contribution in [3.63, 3.8) is 0 Å². The number of esters is 1. The lowest BCUT2D eigenvalue weighted by Gasteiger charge is -2.40. The van der Waals surface area contributed by atoms with E-state index in [1.54, 1.807) is 25.1 Å². The highest BCUT2D eigenvalue weighted by Gasteiger charge is 2.41. The van der Waals surface area contributed by atoms with Gasteiger partial charge in [0.05, 0.1) is 56.6 Å². The lowest BCUT2D eigenvalue weighted by Crippen LogP contribution is -2.50. The summed E-state index contributed by atoms with van der Waals surface area (Å²) in [5.74, 6) is -0.713. The lowest BCUT2D eigenvalue weighted by atomic mass is 9.88. The zero-order valence-electron chi connectivity index (χ0n) is 26.7. The van der Waals surface area contributed by atoms with Crippen molar-refractivity contribution in [1.82, 2.24) is 14.8 Å². The Labute approximate surface area is 270 Å². The average molecular weight is 656 g/mol. The number of hydrogen-bond donors (Lipinski definition) is 2. The summed E-state index contributed by atoms with van der Waals surface area (Å²) in [6.45, 7) is 2.10. The molecule has 0 bridgehead atoms. The molecule has 3 aromatic rings. The van der Waals surface area contributed by atoms with E-state index in [0.29, 0.717) is 23.6 Å².